The predicted molar refractivity (Wildman–Crippen MR) is 44.5 cm³/mol. The maximum absolute atomic E-state index is 10.5. The van der Waals surface area contributed by atoms with Gasteiger partial charge in [-0.25, -0.2) is 0 Å². The molecule has 0 aromatic carbocycles. The van der Waals surface area contributed by atoms with Crippen LogP contribution < -0.4 is 5.32 Å². The molecule has 0 spiro atoms. The van der Waals surface area contributed by atoms with Crippen molar-refractivity contribution >= 4 is 26.5 Å². The molecule has 4 nitrogen and oxygen atoms in total. The number of rotatable bonds is 2. The smallest absolute Gasteiger partial charge is 0.217 e. The van der Waals surface area contributed by atoms with Crippen LogP contribution in [0.1, 0.15) is 13.3 Å². The van der Waals surface area contributed by atoms with E-state index in [9.17, 15) is 4.79 Å². The van der Waals surface area contributed by atoms with Gasteiger partial charge in [0.15, 0.2) is 6.10 Å². The highest BCUT2D eigenvalue weighted by atomic mass is 79.9. The van der Waals surface area contributed by atoms with Gasteiger partial charge in [-0.1, -0.05) is 5.16 Å². The monoisotopic (exact) mass is 220 g/mol. The van der Waals surface area contributed by atoms with Crippen molar-refractivity contribution in [3.63, 3.8) is 0 Å². The lowest BCUT2D eigenvalue weighted by Gasteiger charge is -2.06. The molecule has 1 rings (SSSR count). The lowest BCUT2D eigenvalue weighted by atomic mass is 10.3. The minimum Gasteiger partial charge on any atom is -0.390 e. The molecule has 1 heterocycles. The van der Waals surface area contributed by atoms with Crippen LogP contribution in [0.5, 0.6) is 0 Å². The zero-order valence-corrected chi connectivity index (χ0v) is 7.72. The van der Waals surface area contributed by atoms with Gasteiger partial charge in [0.2, 0.25) is 5.91 Å². The van der Waals surface area contributed by atoms with Crippen molar-refractivity contribution in [2.24, 2.45) is 5.16 Å². The van der Waals surface area contributed by atoms with Crippen LogP contribution in [0.25, 0.3) is 0 Å². The lowest BCUT2D eigenvalue weighted by molar-refractivity contribution is -0.119. The van der Waals surface area contributed by atoms with Crippen molar-refractivity contribution in [2.75, 3.05) is 6.54 Å². The number of carbonyl (C=O) groups is 1. The fourth-order valence-corrected chi connectivity index (χ4v) is 1.21. The first-order valence-electron chi connectivity index (χ1n) is 3.31. The summed E-state index contributed by atoms with van der Waals surface area (Å²) in [6.45, 7) is 2.00. The molecule has 0 unspecified atom stereocenters. The maximum Gasteiger partial charge on any atom is 0.217 e. The molecule has 5 heteroatoms. The highest BCUT2D eigenvalue weighted by molar-refractivity contribution is 9.18. The van der Waals surface area contributed by atoms with Crippen molar-refractivity contribution in [3.8, 4) is 0 Å². The van der Waals surface area contributed by atoms with Gasteiger partial charge in [-0.2, -0.15) is 0 Å². The normalized spacial score (nSPS) is 22.4. The van der Waals surface area contributed by atoms with E-state index in [1.54, 1.807) is 0 Å². The Bertz CT molecular complexity index is 193. The van der Waals surface area contributed by atoms with Crippen LogP contribution in [0, 0.1) is 0 Å². The van der Waals surface area contributed by atoms with E-state index in [2.05, 4.69) is 26.4 Å². The summed E-state index contributed by atoms with van der Waals surface area (Å²) in [5.41, 5.74) is 0. The summed E-state index contributed by atoms with van der Waals surface area (Å²) in [6.07, 6.45) is 0.730. The van der Waals surface area contributed by atoms with E-state index in [0.29, 0.717) is 6.54 Å². The SMILES string of the molecule is CC(=O)NC[C@@H]1CC(Br)=NO1. The number of oxime groups is 1. The topological polar surface area (TPSA) is 50.7 Å². The molecule has 1 atom stereocenters. The minimum absolute atomic E-state index is 0.00623. The number of amides is 1. The largest absolute Gasteiger partial charge is 0.390 e. The molecule has 1 N–H and O–H groups in total. The third kappa shape index (κ3) is 2.88. The van der Waals surface area contributed by atoms with Gasteiger partial charge >= 0.3 is 0 Å². The molecule has 0 bridgehead atoms. The fraction of sp³-hybridized carbons (Fsp3) is 0.667. The zero-order chi connectivity index (χ0) is 8.27. The van der Waals surface area contributed by atoms with Crippen molar-refractivity contribution in [1.82, 2.24) is 5.32 Å². The summed E-state index contributed by atoms with van der Waals surface area (Å²) in [5, 5.41) is 6.33. The zero-order valence-electron chi connectivity index (χ0n) is 6.13. The van der Waals surface area contributed by atoms with E-state index in [-0.39, 0.29) is 12.0 Å². The second-order valence-electron chi connectivity index (χ2n) is 2.34. The molecule has 0 aromatic rings. The molecule has 62 valence electrons. The van der Waals surface area contributed by atoms with Crippen molar-refractivity contribution < 1.29 is 9.63 Å². The Balaban J connectivity index is 2.16. The third-order valence-electron chi connectivity index (χ3n) is 1.28. The van der Waals surface area contributed by atoms with Gasteiger partial charge in [0.1, 0.15) is 4.62 Å². The highest BCUT2D eigenvalue weighted by Crippen LogP contribution is 2.12. The van der Waals surface area contributed by atoms with Gasteiger partial charge in [0.05, 0.1) is 6.54 Å². The van der Waals surface area contributed by atoms with E-state index in [4.69, 9.17) is 4.84 Å². The van der Waals surface area contributed by atoms with Crippen LogP contribution in [0.3, 0.4) is 0 Å². The maximum atomic E-state index is 10.5. The van der Waals surface area contributed by atoms with Crippen molar-refractivity contribution in [3.05, 3.63) is 0 Å². The van der Waals surface area contributed by atoms with Gasteiger partial charge in [0, 0.05) is 13.3 Å². The Morgan fingerprint density at radius 3 is 3.18 bits per heavy atom. The molecule has 1 aliphatic rings. The predicted octanol–water partition coefficient (Wildman–Crippen LogP) is 0.620. The summed E-state index contributed by atoms with van der Waals surface area (Å²) >= 11 is 3.20. The van der Waals surface area contributed by atoms with Gasteiger partial charge in [-0.3, -0.25) is 4.79 Å². The molecule has 0 saturated carbocycles. The van der Waals surface area contributed by atoms with E-state index in [0.717, 1.165) is 11.0 Å². The van der Waals surface area contributed by atoms with Crippen LogP contribution in [0.15, 0.2) is 5.16 Å². The summed E-state index contributed by atoms with van der Waals surface area (Å²) in [6, 6.07) is 0. The molecule has 0 fully saturated rings. The van der Waals surface area contributed by atoms with E-state index < -0.39 is 0 Å². The lowest BCUT2D eigenvalue weighted by Crippen LogP contribution is -2.30. The Morgan fingerprint density at radius 1 is 2.00 bits per heavy atom. The quantitative estimate of drug-likeness (QED) is 0.743. The average Bonchev–Trinajstić information content (AvgIpc) is 2.31. The first-order chi connectivity index (χ1) is 5.18. The first kappa shape index (κ1) is 8.52. The van der Waals surface area contributed by atoms with Gasteiger partial charge < -0.3 is 10.2 Å². The first-order valence-corrected chi connectivity index (χ1v) is 4.10. The highest BCUT2D eigenvalue weighted by Gasteiger charge is 2.18. The summed E-state index contributed by atoms with van der Waals surface area (Å²) in [5.74, 6) is -0.0448. The van der Waals surface area contributed by atoms with Gasteiger partial charge in [-0.05, 0) is 15.9 Å². The van der Waals surface area contributed by atoms with Crippen LogP contribution in [-0.2, 0) is 9.63 Å². The average molecular weight is 221 g/mol. The number of nitrogens with zero attached hydrogens (tertiary/aromatic N) is 1. The summed E-state index contributed by atoms with van der Waals surface area (Å²) < 4.78 is 0.799. The number of hydrogen-bond acceptors (Lipinski definition) is 3. The molecule has 0 aromatic heterocycles. The van der Waals surface area contributed by atoms with E-state index >= 15 is 0 Å². The van der Waals surface area contributed by atoms with Crippen LogP contribution in [0.2, 0.25) is 0 Å². The third-order valence-corrected chi connectivity index (χ3v) is 1.74. The fourth-order valence-electron chi connectivity index (χ4n) is 0.761. The molecule has 1 aliphatic heterocycles. The summed E-state index contributed by atoms with van der Waals surface area (Å²) in [7, 11) is 0. The van der Waals surface area contributed by atoms with Crippen molar-refractivity contribution in [1.29, 1.82) is 0 Å². The van der Waals surface area contributed by atoms with Crippen molar-refractivity contribution in [2.45, 2.75) is 19.4 Å². The Morgan fingerprint density at radius 2 is 2.73 bits per heavy atom. The standard InChI is InChI=1S/C6H9BrN2O2/c1-4(10)8-3-5-2-6(7)9-11-5/h5H,2-3H2,1H3,(H,8,10)/t5-/m0/s1. The van der Waals surface area contributed by atoms with Gasteiger partial charge in [0.25, 0.3) is 0 Å². The second-order valence-corrected chi connectivity index (χ2v) is 3.25. The molecule has 0 saturated heterocycles. The van der Waals surface area contributed by atoms with Crippen LogP contribution >= 0.6 is 15.9 Å². The Kier molecular flexibility index (Phi) is 2.87. The summed E-state index contributed by atoms with van der Waals surface area (Å²) in [4.78, 5) is 15.4. The molecular formula is C6H9BrN2O2. The molecule has 11 heavy (non-hydrogen) atoms. The number of nitrogens with one attached hydrogen (secondary N) is 1. The number of hydrogen-bond donors (Lipinski definition) is 1. The molecule has 0 aliphatic carbocycles. The van der Waals surface area contributed by atoms with E-state index in [1.165, 1.54) is 6.92 Å². The van der Waals surface area contributed by atoms with Crippen LogP contribution in [0.4, 0.5) is 0 Å². The van der Waals surface area contributed by atoms with Crippen LogP contribution in [-0.4, -0.2) is 23.2 Å². The number of halogens is 1. The molecule has 1 amide bonds. The molecular weight excluding hydrogens is 212 g/mol. The second kappa shape index (κ2) is 3.71. The van der Waals surface area contributed by atoms with Gasteiger partial charge in [-0.15, -0.1) is 0 Å². The van der Waals surface area contributed by atoms with E-state index in [1.807, 2.05) is 0 Å². The minimum atomic E-state index is -0.0448. The number of carbonyl (C=O) groups excluding carboxylic acids is 1. The Hall–Kier alpha value is -0.580. The molecule has 0 radical (unpaired) electrons. The Labute approximate surface area is 73.1 Å².